The van der Waals surface area contributed by atoms with Gasteiger partial charge in [-0.25, -0.2) is 14.2 Å². The molecule has 0 fully saturated rings. The molecular formula is C10H8FNO3. The molecule has 4 nitrogen and oxygen atoms in total. The van der Waals surface area contributed by atoms with Gasteiger partial charge in [0, 0.05) is 13.0 Å². The lowest BCUT2D eigenvalue weighted by molar-refractivity contribution is 0.412. The van der Waals surface area contributed by atoms with Crippen molar-refractivity contribution >= 4 is 10.9 Å². The molecule has 5 heteroatoms. The van der Waals surface area contributed by atoms with Gasteiger partial charge in [-0.2, -0.15) is 0 Å². The highest BCUT2D eigenvalue weighted by molar-refractivity contribution is 5.83. The predicted octanol–water partition coefficient (Wildman–Crippen LogP) is 1.64. The molecule has 0 N–H and O–H groups in total. The van der Waals surface area contributed by atoms with Gasteiger partial charge in [-0.15, -0.1) is 0 Å². The van der Waals surface area contributed by atoms with E-state index in [1.165, 1.54) is 13.2 Å². The second-order valence-corrected chi connectivity index (χ2v) is 3.02. The van der Waals surface area contributed by atoms with E-state index in [1.54, 1.807) is 6.92 Å². The summed E-state index contributed by atoms with van der Waals surface area (Å²) in [6.07, 6.45) is 0. The number of nitrogens with zero attached hydrogens (tertiary/aromatic N) is 1. The normalized spacial score (nSPS) is 10.6. The van der Waals surface area contributed by atoms with Gasteiger partial charge in [0.1, 0.15) is 17.1 Å². The van der Waals surface area contributed by atoms with Crippen LogP contribution < -0.4 is 10.4 Å². The molecule has 15 heavy (non-hydrogen) atoms. The molecule has 2 rings (SSSR count). The van der Waals surface area contributed by atoms with Gasteiger partial charge in [-0.1, -0.05) is 0 Å². The number of rotatable bonds is 1. The van der Waals surface area contributed by atoms with E-state index in [0.29, 0.717) is 5.52 Å². The molecule has 0 amide bonds. The smallest absolute Gasteiger partial charge is 0.347 e. The van der Waals surface area contributed by atoms with Crippen molar-refractivity contribution in [3.05, 3.63) is 34.3 Å². The molecule has 0 unspecified atom stereocenters. The first kappa shape index (κ1) is 9.64. The van der Waals surface area contributed by atoms with Gasteiger partial charge >= 0.3 is 5.63 Å². The number of methoxy groups -OCH3 is 1. The zero-order valence-corrected chi connectivity index (χ0v) is 8.20. The van der Waals surface area contributed by atoms with E-state index in [4.69, 9.17) is 9.15 Å². The van der Waals surface area contributed by atoms with E-state index in [9.17, 15) is 9.18 Å². The number of hydrogen-bond acceptors (Lipinski definition) is 4. The molecule has 2 aromatic rings. The van der Waals surface area contributed by atoms with Crippen LogP contribution in [0, 0.1) is 12.7 Å². The number of fused-ring (bicyclic) bond motifs is 1. The van der Waals surface area contributed by atoms with Gasteiger partial charge in [-0.05, 0) is 6.07 Å². The molecule has 0 saturated carbocycles. The Morgan fingerprint density at radius 3 is 2.87 bits per heavy atom. The first-order valence-corrected chi connectivity index (χ1v) is 4.27. The summed E-state index contributed by atoms with van der Waals surface area (Å²) in [5, 5.41) is 0.0810. The summed E-state index contributed by atoms with van der Waals surface area (Å²) in [5.41, 5.74) is -0.303. The van der Waals surface area contributed by atoms with Crippen molar-refractivity contribution < 1.29 is 13.5 Å². The Kier molecular flexibility index (Phi) is 2.15. The molecule has 0 aliphatic heterocycles. The average molecular weight is 209 g/mol. The quantitative estimate of drug-likeness (QED) is 0.716. The van der Waals surface area contributed by atoms with Crippen molar-refractivity contribution in [2.45, 2.75) is 6.92 Å². The van der Waals surface area contributed by atoms with Crippen LogP contribution >= 0.6 is 0 Å². The van der Waals surface area contributed by atoms with Crippen LogP contribution in [0.1, 0.15) is 5.89 Å². The summed E-state index contributed by atoms with van der Waals surface area (Å²) in [6.45, 7) is 1.55. The molecule has 0 spiro atoms. The van der Waals surface area contributed by atoms with E-state index in [1.807, 2.05) is 0 Å². The highest BCUT2D eigenvalue weighted by atomic mass is 19.1. The van der Waals surface area contributed by atoms with Gasteiger partial charge in [0.15, 0.2) is 5.89 Å². The number of aromatic nitrogens is 1. The van der Waals surface area contributed by atoms with E-state index < -0.39 is 11.4 Å². The Balaban J connectivity index is 2.96. The Morgan fingerprint density at radius 1 is 1.47 bits per heavy atom. The van der Waals surface area contributed by atoms with Crippen LogP contribution in [0.4, 0.5) is 4.39 Å². The van der Waals surface area contributed by atoms with Crippen LogP contribution in [0.25, 0.3) is 10.9 Å². The first-order chi connectivity index (χ1) is 7.11. The third-order valence-corrected chi connectivity index (χ3v) is 1.99. The molecule has 78 valence electrons. The third-order valence-electron chi connectivity index (χ3n) is 1.99. The van der Waals surface area contributed by atoms with Crippen molar-refractivity contribution in [2.24, 2.45) is 0 Å². The summed E-state index contributed by atoms with van der Waals surface area (Å²) in [5.74, 6) is -0.115. The summed E-state index contributed by atoms with van der Waals surface area (Å²) < 4.78 is 22.8. The number of halogens is 1. The number of aryl methyl sites for hydroxylation is 1. The summed E-state index contributed by atoms with van der Waals surface area (Å²) in [6, 6.07) is 2.25. The molecule has 0 bridgehead atoms. The molecule has 0 aliphatic carbocycles. The second-order valence-electron chi connectivity index (χ2n) is 3.02. The fourth-order valence-corrected chi connectivity index (χ4v) is 1.37. The monoisotopic (exact) mass is 209 g/mol. The van der Waals surface area contributed by atoms with E-state index in [0.717, 1.165) is 6.07 Å². The zero-order valence-electron chi connectivity index (χ0n) is 8.20. The van der Waals surface area contributed by atoms with E-state index >= 15 is 0 Å². The molecule has 0 aliphatic rings. The minimum absolute atomic E-state index is 0.0810. The van der Waals surface area contributed by atoms with Gasteiger partial charge in [0.2, 0.25) is 0 Å². The first-order valence-electron chi connectivity index (χ1n) is 4.27. The van der Waals surface area contributed by atoms with Crippen LogP contribution in [-0.4, -0.2) is 12.1 Å². The minimum atomic E-state index is -0.615. The lowest BCUT2D eigenvalue weighted by atomic mass is 10.2. The largest absolute Gasteiger partial charge is 0.494 e. The highest BCUT2D eigenvalue weighted by Crippen LogP contribution is 2.23. The maximum atomic E-state index is 13.1. The third kappa shape index (κ3) is 1.56. The minimum Gasteiger partial charge on any atom is -0.494 e. The van der Waals surface area contributed by atoms with E-state index in [2.05, 4.69) is 4.98 Å². The molecular weight excluding hydrogens is 201 g/mol. The van der Waals surface area contributed by atoms with Crippen molar-refractivity contribution in [3.63, 3.8) is 0 Å². The van der Waals surface area contributed by atoms with Crippen LogP contribution in [0.15, 0.2) is 21.3 Å². The van der Waals surface area contributed by atoms with Gasteiger partial charge < -0.3 is 9.15 Å². The van der Waals surface area contributed by atoms with Gasteiger partial charge in [0.25, 0.3) is 0 Å². The standard InChI is InChI=1S/C10H8FNO3/c1-5-12-9-7(10(13)15-5)3-6(11)4-8(9)14-2/h3-4H,1-2H3. The van der Waals surface area contributed by atoms with E-state index in [-0.39, 0.29) is 17.0 Å². The summed E-state index contributed by atoms with van der Waals surface area (Å²) >= 11 is 0. The summed E-state index contributed by atoms with van der Waals surface area (Å²) in [4.78, 5) is 15.4. The molecule has 0 atom stereocenters. The van der Waals surface area contributed by atoms with Crippen LogP contribution in [0.3, 0.4) is 0 Å². The van der Waals surface area contributed by atoms with Crippen LogP contribution in [0.2, 0.25) is 0 Å². The Morgan fingerprint density at radius 2 is 2.20 bits per heavy atom. The Labute approximate surface area is 84.3 Å². The van der Waals surface area contributed by atoms with Crippen molar-refractivity contribution in [1.82, 2.24) is 4.98 Å². The number of hydrogen-bond donors (Lipinski definition) is 0. The highest BCUT2D eigenvalue weighted by Gasteiger charge is 2.10. The maximum absolute atomic E-state index is 13.1. The van der Waals surface area contributed by atoms with Crippen molar-refractivity contribution in [1.29, 1.82) is 0 Å². The lowest BCUT2D eigenvalue weighted by Gasteiger charge is -2.04. The fraction of sp³-hybridized carbons (Fsp3) is 0.200. The Bertz CT molecular complexity index is 577. The average Bonchev–Trinajstić information content (AvgIpc) is 2.18. The zero-order chi connectivity index (χ0) is 11.0. The SMILES string of the molecule is COc1cc(F)cc2c(=O)oc(C)nc12. The molecule has 0 saturated heterocycles. The second kappa shape index (κ2) is 3.34. The fourth-order valence-electron chi connectivity index (χ4n) is 1.37. The lowest BCUT2D eigenvalue weighted by Crippen LogP contribution is -2.04. The van der Waals surface area contributed by atoms with Crippen molar-refractivity contribution in [2.75, 3.05) is 7.11 Å². The molecule has 1 heterocycles. The Hall–Kier alpha value is -1.91. The van der Waals surface area contributed by atoms with Gasteiger partial charge in [0.05, 0.1) is 12.5 Å². The topological polar surface area (TPSA) is 52.3 Å². The molecule has 1 aromatic carbocycles. The molecule has 1 aromatic heterocycles. The number of benzene rings is 1. The maximum Gasteiger partial charge on any atom is 0.347 e. The van der Waals surface area contributed by atoms with Crippen LogP contribution in [-0.2, 0) is 0 Å². The number of ether oxygens (including phenoxy) is 1. The van der Waals surface area contributed by atoms with Gasteiger partial charge in [-0.3, -0.25) is 0 Å². The summed E-state index contributed by atoms with van der Waals surface area (Å²) in [7, 11) is 1.39. The predicted molar refractivity (Wildman–Crippen MR) is 51.5 cm³/mol. The van der Waals surface area contributed by atoms with Crippen LogP contribution in [0.5, 0.6) is 5.75 Å². The molecule has 0 radical (unpaired) electrons. The van der Waals surface area contributed by atoms with Crippen molar-refractivity contribution in [3.8, 4) is 5.75 Å².